The normalized spacial score (nSPS) is 18.4. The molecule has 1 aromatic rings. The van der Waals surface area contributed by atoms with Crippen molar-refractivity contribution < 1.29 is 4.79 Å². The van der Waals surface area contributed by atoms with Crippen molar-refractivity contribution in [3.8, 4) is 0 Å². The molecule has 3 heteroatoms. The quantitative estimate of drug-likeness (QED) is 0.906. The summed E-state index contributed by atoms with van der Waals surface area (Å²) in [6.07, 6.45) is 2.10. The van der Waals surface area contributed by atoms with Crippen molar-refractivity contribution in [3.05, 3.63) is 35.4 Å². The SMILES string of the molecule is CC(=O)N1CCC(NC(C)c2cccc(C)c2)CC1. The maximum absolute atomic E-state index is 11.3. The summed E-state index contributed by atoms with van der Waals surface area (Å²) in [4.78, 5) is 13.2. The predicted octanol–water partition coefficient (Wildman–Crippen LogP) is 2.66. The Kier molecular flexibility index (Phi) is 4.59. The number of amides is 1. The maximum atomic E-state index is 11.3. The minimum Gasteiger partial charge on any atom is -0.343 e. The number of nitrogens with zero attached hydrogens (tertiary/aromatic N) is 1. The minimum atomic E-state index is 0.199. The zero-order chi connectivity index (χ0) is 13.8. The molecule has 1 amide bonds. The molecule has 1 heterocycles. The molecule has 1 saturated heterocycles. The highest BCUT2D eigenvalue weighted by Gasteiger charge is 2.21. The molecule has 104 valence electrons. The number of benzene rings is 1. The van der Waals surface area contributed by atoms with Gasteiger partial charge in [-0.1, -0.05) is 29.8 Å². The Labute approximate surface area is 116 Å². The highest BCUT2D eigenvalue weighted by atomic mass is 16.2. The fourth-order valence-electron chi connectivity index (χ4n) is 2.75. The van der Waals surface area contributed by atoms with Crippen LogP contribution in [-0.2, 0) is 4.79 Å². The van der Waals surface area contributed by atoms with E-state index in [4.69, 9.17) is 0 Å². The van der Waals surface area contributed by atoms with Gasteiger partial charge in [0.25, 0.3) is 0 Å². The monoisotopic (exact) mass is 260 g/mol. The standard InChI is InChI=1S/C16H24N2O/c1-12-5-4-6-15(11-12)13(2)17-16-7-9-18(10-8-16)14(3)19/h4-6,11,13,16-17H,7-10H2,1-3H3. The number of hydrogen-bond donors (Lipinski definition) is 1. The lowest BCUT2D eigenvalue weighted by molar-refractivity contribution is -0.129. The molecule has 1 N–H and O–H groups in total. The molecule has 0 spiro atoms. The van der Waals surface area contributed by atoms with E-state index in [1.165, 1.54) is 11.1 Å². The second kappa shape index (κ2) is 6.20. The summed E-state index contributed by atoms with van der Waals surface area (Å²) in [5.74, 6) is 0.199. The zero-order valence-corrected chi connectivity index (χ0v) is 12.1. The van der Waals surface area contributed by atoms with Gasteiger partial charge in [0.1, 0.15) is 0 Å². The van der Waals surface area contributed by atoms with E-state index < -0.39 is 0 Å². The lowest BCUT2D eigenvalue weighted by Gasteiger charge is -2.33. The van der Waals surface area contributed by atoms with Crippen LogP contribution in [0.1, 0.15) is 43.9 Å². The smallest absolute Gasteiger partial charge is 0.219 e. The molecule has 1 unspecified atom stereocenters. The molecule has 0 aliphatic carbocycles. The van der Waals surface area contributed by atoms with E-state index in [2.05, 4.69) is 43.4 Å². The second-order valence-electron chi connectivity index (χ2n) is 5.58. The van der Waals surface area contributed by atoms with Crippen LogP contribution < -0.4 is 5.32 Å². The molecule has 1 aliphatic rings. The van der Waals surface area contributed by atoms with Crippen molar-refractivity contribution >= 4 is 5.91 Å². The van der Waals surface area contributed by atoms with Crippen LogP contribution in [0.15, 0.2) is 24.3 Å². The maximum Gasteiger partial charge on any atom is 0.219 e. The molecule has 1 atom stereocenters. The van der Waals surface area contributed by atoms with Crippen molar-refractivity contribution in [2.75, 3.05) is 13.1 Å². The fraction of sp³-hybridized carbons (Fsp3) is 0.562. The molecule has 0 saturated carbocycles. The summed E-state index contributed by atoms with van der Waals surface area (Å²) in [6.45, 7) is 7.76. The van der Waals surface area contributed by atoms with Crippen LogP contribution in [-0.4, -0.2) is 29.9 Å². The number of carbonyl (C=O) groups is 1. The Bertz CT molecular complexity index is 436. The van der Waals surface area contributed by atoms with Crippen LogP contribution in [0.25, 0.3) is 0 Å². The van der Waals surface area contributed by atoms with E-state index in [0.717, 1.165) is 25.9 Å². The van der Waals surface area contributed by atoms with Gasteiger partial charge in [0.05, 0.1) is 0 Å². The molecule has 2 rings (SSSR count). The Morgan fingerprint density at radius 3 is 2.63 bits per heavy atom. The van der Waals surface area contributed by atoms with Gasteiger partial charge in [0.15, 0.2) is 0 Å². The van der Waals surface area contributed by atoms with Crippen molar-refractivity contribution in [2.45, 2.75) is 45.7 Å². The van der Waals surface area contributed by atoms with E-state index in [9.17, 15) is 4.79 Å². The number of rotatable bonds is 3. The highest BCUT2D eigenvalue weighted by Crippen LogP contribution is 2.18. The Morgan fingerprint density at radius 2 is 2.05 bits per heavy atom. The number of hydrogen-bond acceptors (Lipinski definition) is 2. The third-order valence-corrected chi connectivity index (χ3v) is 3.97. The molecular weight excluding hydrogens is 236 g/mol. The van der Waals surface area contributed by atoms with Crippen LogP contribution in [0.4, 0.5) is 0 Å². The number of piperidine rings is 1. The molecule has 1 aromatic carbocycles. The lowest BCUT2D eigenvalue weighted by atomic mass is 10.0. The van der Waals surface area contributed by atoms with Gasteiger partial charge in [-0.2, -0.15) is 0 Å². The van der Waals surface area contributed by atoms with Crippen molar-refractivity contribution in [2.24, 2.45) is 0 Å². The third kappa shape index (κ3) is 3.80. The fourth-order valence-corrected chi connectivity index (χ4v) is 2.75. The number of aryl methyl sites for hydroxylation is 1. The van der Waals surface area contributed by atoms with Gasteiger partial charge in [-0.25, -0.2) is 0 Å². The predicted molar refractivity (Wildman–Crippen MR) is 78.0 cm³/mol. The first kappa shape index (κ1) is 14.1. The molecule has 3 nitrogen and oxygen atoms in total. The number of nitrogens with one attached hydrogen (secondary N) is 1. The van der Waals surface area contributed by atoms with Crippen LogP contribution in [0.5, 0.6) is 0 Å². The van der Waals surface area contributed by atoms with Gasteiger partial charge in [-0.05, 0) is 32.3 Å². The van der Waals surface area contributed by atoms with E-state index in [-0.39, 0.29) is 5.91 Å². The summed E-state index contributed by atoms with van der Waals surface area (Å²) in [5.41, 5.74) is 2.64. The van der Waals surface area contributed by atoms with E-state index in [0.29, 0.717) is 12.1 Å². The minimum absolute atomic E-state index is 0.199. The van der Waals surface area contributed by atoms with Crippen molar-refractivity contribution in [1.82, 2.24) is 10.2 Å². The Morgan fingerprint density at radius 1 is 1.37 bits per heavy atom. The van der Waals surface area contributed by atoms with Gasteiger partial charge < -0.3 is 10.2 Å². The summed E-state index contributed by atoms with van der Waals surface area (Å²) >= 11 is 0. The first-order valence-electron chi connectivity index (χ1n) is 7.14. The van der Waals surface area contributed by atoms with E-state index in [1.54, 1.807) is 6.92 Å². The summed E-state index contributed by atoms with van der Waals surface area (Å²) in [7, 11) is 0. The zero-order valence-electron chi connectivity index (χ0n) is 12.1. The van der Waals surface area contributed by atoms with E-state index in [1.807, 2.05) is 4.90 Å². The molecule has 0 bridgehead atoms. The van der Waals surface area contributed by atoms with Crippen molar-refractivity contribution in [1.29, 1.82) is 0 Å². The largest absolute Gasteiger partial charge is 0.343 e. The summed E-state index contributed by atoms with van der Waals surface area (Å²) < 4.78 is 0. The number of carbonyl (C=O) groups excluding carboxylic acids is 1. The van der Waals surface area contributed by atoms with Crippen LogP contribution in [0, 0.1) is 6.92 Å². The van der Waals surface area contributed by atoms with Crippen LogP contribution >= 0.6 is 0 Å². The molecular formula is C16H24N2O. The van der Waals surface area contributed by atoms with Crippen LogP contribution in [0.2, 0.25) is 0 Å². The Hall–Kier alpha value is -1.35. The topological polar surface area (TPSA) is 32.3 Å². The van der Waals surface area contributed by atoms with Gasteiger partial charge >= 0.3 is 0 Å². The first-order valence-corrected chi connectivity index (χ1v) is 7.14. The molecule has 19 heavy (non-hydrogen) atoms. The first-order chi connectivity index (χ1) is 9.06. The molecule has 1 fully saturated rings. The second-order valence-corrected chi connectivity index (χ2v) is 5.58. The van der Waals surface area contributed by atoms with Gasteiger partial charge in [0, 0.05) is 32.1 Å². The molecule has 0 radical (unpaired) electrons. The van der Waals surface area contributed by atoms with E-state index >= 15 is 0 Å². The summed E-state index contributed by atoms with van der Waals surface area (Å²) in [6, 6.07) is 9.54. The highest BCUT2D eigenvalue weighted by molar-refractivity contribution is 5.73. The summed E-state index contributed by atoms with van der Waals surface area (Å²) in [5, 5.41) is 3.68. The molecule has 1 aliphatic heterocycles. The number of likely N-dealkylation sites (tertiary alicyclic amines) is 1. The van der Waals surface area contributed by atoms with Crippen LogP contribution in [0.3, 0.4) is 0 Å². The average Bonchev–Trinajstić information content (AvgIpc) is 2.39. The van der Waals surface area contributed by atoms with Gasteiger partial charge in [-0.3, -0.25) is 4.79 Å². The molecule has 0 aromatic heterocycles. The van der Waals surface area contributed by atoms with Crippen molar-refractivity contribution in [3.63, 3.8) is 0 Å². The Balaban J connectivity index is 1.87. The van der Waals surface area contributed by atoms with Gasteiger partial charge in [0.2, 0.25) is 5.91 Å². The third-order valence-electron chi connectivity index (χ3n) is 3.97. The van der Waals surface area contributed by atoms with Gasteiger partial charge in [-0.15, -0.1) is 0 Å². The lowest BCUT2D eigenvalue weighted by Crippen LogP contribution is -2.44. The average molecular weight is 260 g/mol.